The Labute approximate surface area is 115 Å². The number of nitrogens with zero attached hydrogens (tertiary/aromatic N) is 2. The van der Waals surface area contributed by atoms with Crippen LogP contribution in [0.15, 0.2) is 18.6 Å². The molecule has 0 aliphatic rings. The van der Waals surface area contributed by atoms with Gasteiger partial charge in [0.15, 0.2) is 11.5 Å². The summed E-state index contributed by atoms with van der Waals surface area (Å²) in [7, 11) is -8.10. The second-order valence-electron chi connectivity index (χ2n) is 3.56. The quantitative estimate of drug-likeness (QED) is 0.316. The van der Waals surface area contributed by atoms with Gasteiger partial charge in [0, 0.05) is 6.07 Å². The maximum absolute atomic E-state index is 11.1. The minimum Gasteiger partial charge on any atom is -1.00 e. The Morgan fingerprint density at radius 1 is 1.37 bits per heavy atom. The van der Waals surface area contributed by atoms with Gasteiger partial charge in [-0.2, -0.15) is 0 Å². The van der Waals surface area contributed by atoms with Crippen LogP contribution in [-0.2, 0) is 27.1 Å². The lowest BCUT2D eigenvalue weighted by Gasteiger charge is -2.17. The van der Waals surface area contributed by atoms with Gasteiger partial charge in [-0.05, 0) is 0 Å². The number of rotatable bonds is 5. The third-order valence-corrected chi connectivity index (χ3v) is 3.66. The van der Waals surface area contributed by atoms with Gasteiger partial charge in [-0.15, -0.1) is 0 Å². The average molecular weight is 335 g/mol. The number of aryl methyl sites for hydroxylation is 1. The molecule has 12 heteroatoms. The maximum atomic E-state index is 11.1. The summed E-state index contributed by atoms with van der Waals surface area (Å²) in [5.74, 6) is -1.93. The zero-order valence-corrected chi connectivity index (χ0v) is 12.2. The Kier molecular flexibility index (Phi) is 6.74. The Morgan fingerprint density at radius 3 is 2.32 bits per heavy atom. The zero-order chi connectivity index (χ0) is 14.0. The van der Waals surface area contributed by atoms with E-state index in [1.54, 1.807) is 17.8 Å². The molecule has 110 valence electrons. The highest BCUT2D eigenvalue weighted by atomic mass is 35.5. The molecule has 0 aromatic carbocycles. The first kappa shape index (κ1) is 18.6. The monoisotopic (exact) mass is 334 g/mol. The molecule has 0 fully saturated rings. The fourth-order valence-corrected chi connectivity index (χ4v) is 2.80. The molecule has 0 saturated heterocycles. The van der Waals surface area contributed by atoms with Crippen molar-refractivity contribution in [3.8, 4) is 0 Å². The van der Waals surface area contributed by atoms with E-state index in [-0.39, 0.29) is 18.1 Å². The van der Waals surface area contributed by atoms with E-state index < -0.39 is 27.7 Å². The third-order valence-electron chi connectivity index (χ3n) is 1.93. The van der Waals surface area contributed by atoms with Crippen LogP contribution >= 0.6 is 15.4 Å². The van der Waals surface area contributed by atoms with E-state index in [0.29, 0.717) is 0 Å². The predicted octanol–water partition coefficient (Wildman–Crippen LogP) is -3.93. The van der Waals surface area contributed by atoms with E-state index in [9.17, 15) is 9.13 Å². The molecule has 0 saturated carbocycles. The standard InChI is InChI=1S/C7H12N2O7P2.ClH/c1-9-3-2-6(8-5-9)4-7(17(10,11)12)16-18(13,14)15;/h2-3,5,7H,4H2,1H3,(H3-,10,11,12,13,14,15);1H. The molecule has 1 unspecified atom stereocenters. The van der Waals surface area contributed by atoms with Gasteiger partial charge in [0.25, 0.3) is 6.33 Å². The summed E-state index contributed by atoms with van der Waals surface area (Å²) in [4.78, 5) is 39.0. The average Bonchev–Trinajstić information content (AvgIpc) is 2.17. The van der Waals surface area contributed by atoms with E-state index in [1.807, 2.05) is 0 Å². The minimum atomic E-state index is -4.99. The van der Waals surface area contributed by atoms with Crippen molar-refractivity contribution in [2.24, 2.45) is 7.05 Å². The van der Waals surface area contributed by atoms with Crippen LogP contribution in [0, 0.1) is 0 Å². The molecule has 0 bridgehead atoms. The normalized spacial score (nSPS) is 13.7. The van der Waals surface area contributed by atoms with Gasteiger partial charge in [0.05, 0.1) is 19.7 Å². The van der Waals surface area contributed by atoms with Gasteiger partial charge >= 0.3 is 15.4 Å². The molecule has 1 aromatic heterocycles. The summed E-state index contributed by atoms with van der Waals surface area (Å²) >= 11 is 0. The first-order valence-corrected chi connectivity index (χ1v) is 7.88. The molecule has 0 amide bonds. The number of phosphoric ester groups is 1. The van der Waals surface area contributed by atoms with Gasteiger partial charge in [-0.1, -0.05) is 4.98 Å². The Bertz CT molecular complexity index is 499. The number of halogens is 1. The largest absolute Gasteiger partial charge is 1.00 e. The van der Waals surface area contributed by atoms with Crippen molar-refractivity contribution in [3.63, 3.8) is 0 Å². The summed E-state index contributed by atoms with van der Waals surface area (Å²) in [6, 6.07) is 1.46. The van der Waals surface area contributed by atoms with Crippen LogP contribution in [0.3, 0.4) is 0 Å². The summed E-state index contributed by atoms with van der Waals surface area (Å²) in [6.45, 7) is 0. The maximum Gasteiger partial charge on any atom is 0.470 e. The second-order valence-corrected chi connectivity index (χ2v) is 6.51. The molecule has 0 radical (unpaired) electrons. The Balaban J connectivity index is 0.00000324. The highest BCUT2D eigenvalue weighted by molar-refractivity contribution is 7.53. The van der Waals surface area contributed by atoms with Crippen LogP contribution in [0.25, 0.3) is 0 Å². The van der Waals surface area contributed by atoms with Crippen molar-refractivity contribution in [1.29, 1.82) is 0 Å². The molecule has 1 rings (SSSR count). The number of phosphoric acid groups is 1. The van der Waals surface area contributed by atoms with Crippen LogP contribution < -0.4 is 17.0 Å². The van der Waals surface area contributed by atoms with E-state index in [2.05, 4.69) is 9.51 Å². The van der Waals surface area contributed by atoms with Gasteiger partial charge in [-0.25, -0.2) is 9.13 Å². The highest BCUT2D eigenvalue weighted by Gasteiger charge is 2.37. The smallest absolute Gasteiger partial charge is 0.470 e. The SMILES string of the molecule is C[n+]1ccc(CC(OP(=O)(O)O)P(=O)(O)O)nc1.[Cl-]. The highest BCUT2D eigenvalue weighted by Crippen LogP contribution is 2.51. The number of aromatic nitrogens is 2. The zero-order valence-electron chi connectivity index (χ0n) is 9.70. The molecule has 9 nitrogen and oxygen atoms in total. The lowest BCUT2D eigenvalue weighted by atomic mass is 10.3. The van der Waals surface area contributed by atoms with Crippen LogP contribution in [0.4, 0.5) is 0 Å². The molecule has 0 aliphatic carbocycles. The minimum absolute atomic E-state index is 0. The summed E-state index contributed by atoms with van der Waals surface area (Å²) in [6.07, 6.45) is 2.57. The van der Waals surface area contributed by atoms with Crippen LogP contribution in [-0.4, -0.2) is 30.4 Å². The summed E-state index contributed by atoms with van der Waals surface area (Å²) in [5.41, 5.74) is 0.245. The fraction of sp³-hybridized carbons (Fsp3) is 0.429. The first-order valence-electron chi connectivity index (χ1n) is 4.67. The van der Waals surface area contributed by atoms with Crippen molar-refractivity contribution < 1.29 is 50.2 Å². The van der Waals surface area contributed by atoms with Crippen molar-refractivity contribution in [3.05, 3.63) is 24.3 Å². The van der Waals surface area contributed by atoms with Crippen LogP contribution in [0.1, 0.15) is 5.69 Å². The molecular formula is C7H13ClN2O7P2. The lowest BCUT2D eigenvalue weighted by molar-refractivity contribution is -0.674. The predicted molar refractivity (Wildman–Crippen MR) is 58.1 cm³/mol. The summed E-state index contributed by atoms with van der Waals surface area (Å²) < 4.78 is 27.4. The molecule has 19 heavy (non-hydrogen) atoms. The molecule has 1 atom stereocenters. The van der Waals surface area contributed by atoms with Crippen LogP contribution in [0.2, 0.25) is 0 Å². The van der Waals surface area contributed by atoms with E-state index in [0.717, 1.165) is 0 Å². The molecular weight excluding hydrogens is 321 g/mol. The topological polar surface area (TPSA) is 141 Å². The van der Waals surface area contributed by atoms with Crippen LogP contribution in [0.5, 0.6) is 0 Å². The lowest BCUT2D eigenvalue weighted by Crippen LogP contribution is -3.00. The van der Waals surface area contributed by atoms with Crippen molar-refractivity contribution in [2.45, 2.75) is 12.3 Å². The Hall–Kier alpha value is -0.370. The van der Waals surface area contributed by atoms with Crippen molar-refractivity contribution in [1.82, 2.24) is 4.98 Å². The van der Waals surface area contributed by atoms with E-state index in [1.165, 1.54) is 12.4 Å². The number of hydrogen-bond donors (Lipinski definition) is 4. The number of hydrogen-bond acceptors (Lipinski definition) is 4. The molecule has 1 aromatic rings. The summed E-state index contributed by atoms with van der Waals surface area (Å²) in [5, 5.41) is 0. The first-order chi connectivity index (χ1) is 8.08. The molecule has 4 N–H and O–H groups in total. The fourth-order valence-electron chi connectivity index (χ4n) is 1.13. The second kappa shape index (κ2) is 6.88. The third kappa shape index (κ3) is 7.10. The van der Waals surface area contributed by atoms with E-state index >= 15 is 0 Å². The van der Waals surface area contributed by atoms with Crippen molar-refractivity contribution >= 4 is 15.4 Å². The van der Waals surface area contributed by atoms with Gasteiger partial charge in [0.2, 0.25) is 0 Å². The van der Waals surface area contributed by atoms with Crippen molar-refractivity contribution in [2.75, 3.05) is 0 Å². The Morgan fingerprint density at radius 2 is 1.95 bits per heavy atom. The molecule has 0 spiro atoms. The van der Waals surface area contributed by atoms with Gasteiger partial charge in [0.1, 0.15) is 0 Å². The van der Waals surface area contributed by atoms with E-state index in [4.69, 9.17) is 19.6 Å². The van der Waals surface area contributed by atoms with Gasteiger partial charge in [-0.3, -0.25) is 9.09 Å². The molecule has 0 aliphatic heterocycles. The molecule has 1 heterocycles. The van der Waals surface area contributed by atoms with Gasteiger partial charge < -0.3 is 32.0 Å².